The molecule has 0 radical (unpaired) electrons. The van der Waals surface area contributed by atoms with Crippen LogP contribution in [0.2, 0.25) is 0 Å². The summed E-state index contributed by atoms with van der Waals surface area (Å²) in [5.74, 6) is -0.803. The second-order valence-corrected chi connectivity index (χ2v) is 16.2. The van der Waals surface area contributed by atoms with Gasteiger partial charge in [0.2, 0.25) is 5.69 Å². The quantitative estimate of drug-likeness (QED) is 0.0857. The number of allylic oxidation sites excluding steroid dienone is 1. The second-order valence-electron chi connectivity index (χ2n) is 13.3. The molecule has 2 aromatic carbocycles. The van der Waals surface area contributed by atoms with Gasteiger partial charge in [-0.1, -0.05) is 52.4 Å². The summed E-state index contributed by atoms with van der Waals surface area (Å²) < 4.78 is 71.2. The Morgan fingerprint density at radius 1 is 0.880 bits per heavy atom. The third-order valence-corrected chi connectivity index (χ3v) is 10.9. The maximum Gasteiger partial charge on any atom is 1.00 e. The van der Waals surface area contributed by atoms with Crippen molar-refractivity contribution in [2.75, 3.05) is 30.3 Å². The van der Waals surface area contributed by atoms with Crippen molar-refractivity contribution in [3.8, 4) is 5.75 Å². The number of aromatic amines is 1. The van der Waals surface area contributed by atoms with Crippen LogP contribution in [-0.2, 0) is 25.7 Å². The Morgan fingerprint density at radius 3 is 2.10 bits per heavy atom. The van der Waals surface area contributed by atoms with Crippen molar-refractivity contribution < 1.29 is 87.0 Å². The number of pyridine rings is 1. The molecule has 2 N–H and O–H groups in total. The van der Waals surface area contributed by atoms with Gasteiger partial charge in [0.15, 0.2) is 5.71 Å². The number of nitrogens with zero attached hydrogens (tertiary/aromatic N) is 2. The normalized spacial score (nSPS) is 14.4. The first-order valence-electron chi connectivity index (χ1n) is 17.1. The topological polar surface area (TPSA) is 174 Å². The Balaban J connectivity index is 0.00000676. The molecule has 0 bridgehead atoms. The molecule has 0 atom stereocenters. The number of benzene rings is 2. The van der Waals surface area contributed by atoms with Crippen LogP contribution in [0.4, 0.5) is 11.4 Å². The molecule has 50 heavy (non-hydrogen) atoms. The number of aromatic nitrogens is 1. The molecule has 14 heteroatoms. The summed E-state index contributed by atoms with van der Waals surface area (Å²) in [5.41, 5.74) is 1.71. The van der Waals surface area contributed by atoms with E-state index in [2.05, 4.69) is 23.7 Å². The molecule has 0 saturated carbocycles. The first-order chi connectivity index (χ1) is 23.1. The van der Waals surface area contributed by atoms with Crippen LogP contribution >= 0.6 is 0 Å². The molecule has 0 fully saturated rings. The smallest absolute Gasteiger partial charge is 0.748 e. The average Bonchev–Trinajstić information content (AvgIpc) is 3.23. The van der Waals surface area contributed by atoms with Crippen LogP contribution in [-0.4, -0.2) is 71.7 Å². The monoisotopic (exact) mass is 753 g/mol. The third-order valence-electron chi connectivity index (χ3n) is 9.27. The summed E-state index contributed by atoms with van der Waals surface area (Å²) in [5, 5.41) is 11.8. The van der Waals surface area contributed by atoms with Crippen molar-refractivity contribution in [3.05, 3.63) is 64.0 Å². The minimum Gasteiger partial charge on any atom is -0.748 e. The van der Waals surface area contributed by atoms with Gasteiger partial charge < -0.3 is 24.1 Å². The average molecular weight is 754 g/mol. The predicted molar refractivity (Wildman–Crippen MR) is 192 cm³/mol. The molecule has 0 aliphatic carbocycles. The summed E-state index contributed by atoms with van der Waals surface area (Å²) in [4.78, 5) is 18.3. The number of nitrogens with one attached hydrogen (secondary N) is 1. The van der Waals surface area contributed by atoms with Crippen molar-refractivity contribution in [1.82, 2.24) is 4.98 Å². The molecule has 1 aliphatic rings. The molecule has 2 heterocycles. The van der Waals surface area contributed by atoms with Crippen molar-refractivity contribution in [1.29, 1.82) is 0 Å². The van der Waals surface area contributed by atoms with E-state index in [-0.39, 0.29) is 75.7 Å². The summed E-state index contributed by atoms with van der Waals surface area (Å²) in [6.07, 6.45) is 12.2. The molecular weight excluding hydrogens is 706 g/mol. The number of unbranched alkanes of at least 4 members (excludes halogenated alkanes) is 6. The summed E-state index contributed by atoms with van der Waals surface area (Å²) in [7, 11) is -9.24. The van der Waals surface area contributed by atoms with Gasteiger partial charge in [-0.05, 0) is 63.1 Å². The Morgan fingerprint density at radius 2 is 1.52 bits per heavy atom. The van der Waals surface area contributed by atoms with Crippen LogP contribution in [0.1, 0.15) is 96.6 Å². The fraction of sp³-hybridized carbons (Fsp3) is 0.500. The minimum absolute atomic E-state index is 0. The van der Waals surface area contributed by atoms with E-state index in [4.69, 9.17) is 0 Å². The maximum absolute atomic E-state index is 13.4. The number of hydrogen-bond donors (Lipinski definition) is 2. The Bertz CT molecular complexity index is 1990. The van der Waals surface area contributed by atoms with E-state index >= 15 is 0 Å². The van der Waals surface area contributed by atoms with Gasteiger partial charge >= 0.3 is 51.4 Å². The van der Waals surface area contributed by atoms with Gasteiger partial charge in [0, 0.05) is 54.0 Å². The van der Waals surface area contributed by atoms with E-state index < -0.39 is 41.9 Å². The zero-order valence-electron chi connectivity index (χ0n) is 29.8. The molecule has 0 unspecified atom stereocenters. The van der Waals surface area contributed by atoms with Crippen molar-refractivity contribution in [2.24, 2.45) is 0 Å². The first-order valence-corrected chi connectivity index (χ1v) is 20.1. The molecular formula is C36H48KN3O8S2. The molecule has 0 amide bonds. The number of hydrogen-bond acceptors (Lipinski definition) is 9. The molecule has 0 spiro atoms. The van der Waals surface area contributed by atoms with Crippen LogP contribution in [0, 0.1) is 0 Å². The molecule has 11 nitrogen and oxygen atoms in total. The number of aromatic hydroxyl groups is 1. The SMILES string of the molecule is CCCCCCN(CCCCCC)c1ccc2c(O)c(/C=C/C3=[N+](CCCS(=O)(=O)[O-])c4ccc(S(=O)(=O)[O-])cc4C3(C)C)c(=O)[nH]c2c1.[K+]. The van der Waals surface area contributed by atoms with Gasteiger partial charge in [0.1, 0.15) is 22.4 Å². The standard InChI is InChI=1S/C36H49N3O8S2.K/c1-5-7-9-11-20-38(21-12-10-8-6-2)26-14-16-28-31(24-26)37-35(41)29(34(28)40)17-19-33-36(3,4)30-25-27(49(45,46)47)15-18-32(30)39(33)22-13-23-48(42,43)44;/h14-19,24-25H,5-13,20-23H2,1-4H3,(H3,37,40,41,42,43,44,45,46,47);/q;+1/p-1. The van der Waals surface area contributed by atoms with Crippen LogP contribution in [0.3, 0.4) is 0 Å². The fourth-order valence-electron chi connectivity index (χ4n) is 6.58. The molecule has 268 valence electrons. The van der Waals surface area contributed by atoms with E-state index in [1.807, 2.05) is 12.1 Å². The molecule has 1 aliphatic heterocycles. The van der Waals surface area contributed by atoms with Gasteiger partial charge in [-0.2, -0.15) is 4.58 Å². The van der Waals surface area contributed by atoms with E-state index in [1.165, 1.54) is 37.1 Å². The predicted octanol–water partition coefficient (Wildman–Crippen LogP) is 3.13. The third kappa shape index (κ3) is 10.6. The van der Waals surface area contributed by atoms with E-state index in [1.54, 1.807) is 30.6 Å². The van der Waals surface area contributed by atoms with Crippen molar-refractivity contribution in [3.63, 3.8) is 0 Å². The van der Waals surface area contributed by atoms with Crippen molar-refractivity contribution in [2.45, 2.75) is 95.8 Å². The summed E-state index contributed by atoms with van der Waals surface area (Å²) in [6, 6.07) is 9.64. The molecule has 4 rings (SSSR count). The Labute approximate surface area is 338 Å². The van der Waals surface area contributed by atoms with E-state index in [0.717, 1.165) is 57.3 Å². The van der Waals surface area contributed by atoms with Gasteiger partial charge in [-0.25, -0.2) is 16.8 Å². The Hall–Kier alpha value is -1.88. The van der Waals surface area contributed by atoms with Crippen LogP contribution in [0.25, 0.3) is 17.0 Å². The number of H-pyrrole nitrogens is 1. The second kappa shape index (κ2) is 18.2. The zero-order valence-corrected chi connectivity index (χ0v) is 34.6. The Kier molecular flexibility index (Phi) is 15.5. The van der Waals surface area contributed by atoms with Crippen LogP contribution < -0.4 is 61.8 Å². The summed E-state index contributed by atoms with van der Waals surface area (Å²) >= 11 is 0. The van der Waals surface area contributed by atoms with E-state index in [9.17, 15) is 35.8 Å². The number of fused-ring (bicyclic) bond motifs is 2. The summed E-state index contributed by atoms with van der Waals surface area (Å²) in [6.45, 7) is 9.89. The first kappa shape index (κ1) is 42.5. The maximum atomic E-state index is 13.4. The van der Waals surface area contributed by atoms with Gasteiger partial charge in [0.25, 0.3) is 5.56 Å². The fourth-order valence-corrected chi connectivity index (χ4v) is 7.56. The minimum atomic E-state index is -4.75. The number of rotatable bonds is 18. The van der Waals surface area contributed by atoms with E-state index in [0.29, 0.717) is 27.9 Å². The van der Waals surface area contributed by atoms with Crippen molar-refractivity contribution >= 4 is 54.3 Å². The van der Waals surface area contributed by atoms with Crippen LogP contribution in [0.15, 0.2) is 52.2 Å². The van der Waals surface area contributed by atoms with Gasteiger partial charge in [-0.3, -0.25) is 4.79 Å². The largest absolute Gasteiger partial charge is 1.00 e. The molecule has 3 aromatic rings. The van der Waals surface area contributed by atoms with Crippen LogP contribution in [0.5, 0.6) is 5.75 Å². The van der Waals surface area contributed by atoms with Gasteiger partial charge in [-0.15, -0.1) is 0 Å². The zero-order chi connectivity index (χ0) is 36.0. The molecule has 1 aromatic heterocycles. The van der Waals surface area contributed by atoms with Gasteiger partial charge in [0.05, 0.1) is 31.5 Å². The molecule has 0 saturated heterocycles. The number of anilines is 1.